The average Bonchev–Trinajstić information content (AvgIpc) is 3.21. The fourth-order valence-corrected chi connectivity index (χ4v) is 4.53. The van der Waals surface area contributed by atoms with Gasteiger partial charge in [0.2, 0.25) is 11.9 Å². The van der Waals surface area contributed by atoms with E-state index in [0.717, 1.165) is 60.0 Å². The van der Waals surface area contributed by atoms with Crippen LogP contribution in [0.2, 0.25) is 5.02 Å². The number of fused-ring (bicyclic) bond motifs is 1. The smallest absolute Gasteiger partial charge is 0.232 e. The van der Waals surface area contributed by atoms with Crippen LogP contribution in [0, 0.1) is 5.41 Å². The lowest BCUT2D eigenvalue weighted by molar-refractivity contribution is -0.123. The van der Waals surface area contributed by atoms with Gasteiger partial charge < -0.3 is 14.4 Å². The van der Waals surface area contributed by atoms with Crippen LogP contribution in [0.15, 0.2) is 54.9 Å². The molecule has 1 N–H and O–H groups in total. The monoisotopic (exact) mass is 503 g/mol. The van der Waals surface area contributed by atoms with Crippen molar-refractivity contribution in [1.82, 2.24) is 19.5 Å². The van der Waals surface area contributed by atoms with Crippen molar-refractivity contribution in [1.29, 1.82) is 0 Å². The second kappa shape index (κ2) is 9.43. The summed E-state index contributed by atoms with van der Waals surface area (Å²) in [5.74, 6) is 1.08. The van der Waals surface area contributed by atoms with Gasteiger partial charge in [0.25, 0.3) is 0 Å². The fourth-order valence-electron chi connectivity index (χ4n) is 4.33. The number of rotatable bonds is 4. The fraction of sp³-hybridized carbons (Fsp3) is 0.333. The van der Waals surface area contributed by atoms with Crippen LogP contribution in [0.4, 0.5) is 17.3 Å². The Hall–Kier alpha value is -3.65. The number of imidazole rings is 1. The van der Waals surface area contributed by atoms with E-state index in [2.05, 4.69) is 47.9 Å². The Balaban J connectivity index is 1.28. The van der Waals surface area contributed by atoms with Gasteiger partial charge in [0, 0.05) is 49.9 Å². The van der Waals surface area contributed by atoms with E-state index in [9.17, 15) is 4.79 Å². The summed E-state index contributed by atoms with van der Waals surface area (Å²) in [5, 5.41) is 3.46. The number of halogens is 1. The highest BCUT2D eigenvalue weighted by molar-refractivity contribution is 6.33. The highest BCUT2D eigenvalue weighted by atomic mass is 35.5. The average molecular weight is 504 g/mol. The van der Waals surface area contributed by atoms with Crippen LogP contribution in [0.5, 0.6) is 0 Å². The second-order valence-electron chi connectivity index (χ2n) is 10.1. The van der Waals surface area contributed by atoms with E-state index in [-0.39, 0.29) is 5.91 Å². The Labute approximate surface area is 215 Å². The van der Waals surface area contributed by atoms with E-state index in [1.165, 1.54) is 0 Å². The summed E-state index contributed by atoms with van der Waals surface area (Å²) in [6.45, 7) is 8.95. The van der Waals surface area contributed by atoms with Crippen molar-refractivity contribution in [2.24, 2.45) is 12.5 Å². The predicted molar refractivity (Wildman–Crippen MR) is 146 cm³/mol. The SMILES string of the molecule is Cn1c(-c2cc(N3CCN(c4cnc(NC(=O)C(C)(C)C)nc4)CC3)ccc2Cl)nc2ccccc21. The molecule has 1 fully saturated rings. The van der Waals surface area contributed by atoms with E-state index >= 15 is 0 Å². The molecule has 5 rings (SSSR count). The zero-order chi connectivity index (χ0) is 25.4. The number of carbonyl (C=O) groups excluding carboxylic acids is 1. The van der Waals surface area contributed by atoms with Crippen molar-refractivity contribution in [2.45, 2.75) is 20.8 Å². The molecule has 8 nitrogen and oxygen atoms in total. The lowest BCUT2D eigenvalue weighted by atomic mass is 9.96. The lowest BCUT2D eigenvalue weighted by Crippen LogP contribution is -2.46. The molecule has 1 aliphatic rings. The first-order valence-corrected chi connectivity index (χ1v) is 12.4. The van der Waals surface area contributed by atoms with Crippen LogP contribution >= 0.6 is 11.6 Å². The minimum absolute atomic E-state index is 0.107. The third-order valence-electron chi connectivity index (χ3n) is 6.53. The first-order chi connectivity index (χ1) is 17.2. The van der Waals surface area contributed by atoms with Crippen LogP contribution in [0.3, 0.4) is 0 Å². The molecule has 36 heavy (non-hydrogen) atoms. The number of aromatic nitrogens is 4. The minimum atomic E-state index is -0.496. The zero-order valence-electron chi connectivity index (χ0n) is 21.0. The normalized spacial score (nSPS) is 14.4. The molecular formula is C27H30ClN7O. The summed E-state index contributed by atoms with van der Waals surface area (Å²) in [7, 11) is 2.02. The molecule has 0 bridgehead atoms. The van der Waals surface area contributed by atoms with Gasteiger partial charge in [-0.05, 0) is 30.3 Å². The van der Waals surface area contributed by atoms with E-state index in [0.29, 0.717) is 11.0 Å². The molecule has 0 aliphatic carbocycles. The van der Waals surface area contributed by atoms with Crippen LogP contribution in [-0.4, -0.2) is 51.6 Å². The molecule has 9 heteroatoms. The third-order valence-corrected chi connectivity index (χ3v) is 6.86. The molecule has 0 unspecified atom stereocenters. The van der Waals surface area contributed by atoms with Crippen LogP contribution in [0.25, 0.3) is 22.4 Å². The molecule has 0 radical (unpaired) electrons. The first-order valence-electron chi connectivity index (χ1n) is 12.1. The van der Waals surface area contributed by atoms with Gasteiger partial charge in [-0.1, -0.05) is 44.5 Å². The number of piperazine rings is 1. The number of aryl methyl sites for hydroxylation is 1. The second-order valence-corrected chi connectivity index (χ2v) is 10.5. The molecule has 1 aliphatic heterocycles. The Morgan fingerprint density at radius 1 is 0.944 bits per heavy atom. The number of amides is 1. The molecule has 4 aromatic rings. The van der Waals surface area contributed by atoms with Gasteiger partial charge in [-0.25, -0.2) is 15.0 Å². The van der Waals surface area contributed by atoms with E-state index in [4.69, 9.17) is 16.6 Å². The number of nitrogens with zero attached hydrogens (tertiary/aromatic N) is 6. The van der Waals surface area contributed by atoms with Crippen molar-refractivity contribution in [3.05, 3.63) is 59.9 Å². The molecular weight excluding hydrogens is 474 g/mol. The van der Waals surface area contributed by atoms with Crippen LogP contribution < -0.4 is 15.1 Å². The Kier molecular flexibility index (Phi) is 6.30. The summed E-state index contributed by atoms with van der Waals surface area (Å²) in [6.07, 6.45) is 3.54. The van der Waals surface area contributed by atoms with Crippen LogP contribution in [0.1, 0.15) is 20.8 Å². The van der Waals surface area contributed by atoms with Gasteiger partial charge in [0.05, 0.1) is 34.1 Å². The Bertz CT molecular complexity index is 1400. The van der Waals surface area contributed by atoms with Crippen molar-refractivity contribution < 1.29 is 4.79 Å². The highest BCUT2D eigenvalue weighted by Crippen LogP contribution is 2.33. The zero-order valence-corrected chi connectivity index (χ0v) is 21.8. The number of benzene rings is 2. The Morgan fingerprint density at radius 3 is 2.22 bits per heavy atom. The maximum absolute atomic E-state index is 12.2. The number of hydrogen-bond donors (Lipinski definition) is 1. The number of para-hydroxylation sites is 2. The quantitative estimate of drug-likeness (QED) is 0.422. The molecule has 186 valence electrons. The predicted octanol–water partition coefficient (Wildman–Crippen LogP) is 4.99. The number of carbonyl (C=O) groups is 1. The summed E-state index contributed by atoms with van der Waals surface area (Å²) >= 11 is 6.62. The van der Waals surface area contributed by atoms with E-state index in [1.54, 1.807) is 12.4 Å². The van der Waals surface area contributed by atoms with Gasteiger partial charge in [-0.2, -0.15) is 0 Å². The Morgan fingerprint density at radius 2 is 1.58 bits per heavy atom. The molecule has 1 amide bonds. The molecule has 0 spiro atoms. The molecule has 3 heterocycles. The standard InChI is InChI=1S/C27H30ClN7O/c1-27(2,3)25(36)32-26-29-16-19(17-30-26)35-13-11-34(12-14-35)18-9-10-21(28)20(15-18)24-31-22-7-5-6-8-23(22)33(24)4/h5-10,15-17H,11-14H2,1-4H3,(H,29,30,32,36). The molecule has 2 aromatic carbocycles. The first kappa shape index (κ1) is 24.1. The number of anilines is 3. The summed E-state index contributed by atoms with van der Waals surface area (Å²) in [5.41, 5.74) is 4.53. The van der Waals surface area contributed by atoms with Gasteiger partial charge in [0.1, 0.15) is 5.82 Å². The van der Waals surface area contributed by atoms with E-state index < -0.39 is 5.41 Å². The van der Waals surface area contributed by atoms with Gasteiger partial charge in [-0.15, -0.1) is 0 Å². The highest BCUT2D eigenvalue weighted by Gasteiger charge is 2.23. The van der Waals surface area contributed by atoms with E-state index in [1.807, 2.05) is 52.1 Å². The minimum Gasteiger partial charge on any atom is -0.368 e. The summed E-state index contributed by atoms with van der Waals surface area (Å²) < 4.78 is 2.09. The largest absolute Gasteiger partial charge is 0.368 e. The molecule has 2 aromatic heterocycles. The van der Waals surface area contributed by atoms with Crippen molar-refractivity contribution >= 4 is 45.9 Å². The topological polar surface area (TPSA) is 79.2 Å². The van der Waals surface area contributed by atoms with Crippen molar-refractivity contribution in [3.8, 4) is 11.4 Å². The van der Waals surface area contributed by atoms with Crippen molar-refractivity contribution in [2.75, 3.05) is 41.3 Å². The molecule has 0 atom stereocenters. The van der Waals surface area contributed by atoms with Gasteiger partial charge in [0.15, 0.2) is 0 Å². The number of nitrogens with one attached hydrogen (secondary N) is 1. The summed E-state index contributed by atoms with van der Waals surface area (Å²) in [4.78, 5) is 30.3. The third kappa shape index (κ3) is 4.73. The maximum atomic E-state index is 12.2. The van der Waals surface area contributed by atoms with Crippen LogP contribution in [-0.2, 0) is 11.8 Å². The maximum Gasteiger partial charge on any atom is 0.232 e. The van der Waals surface area contributed by atoms with Gasteiger partial charge in [-0.3, -0.25) is 10.1 Å². The molecule has 0 saturated carbocycles. The van der Waals surface area contributed by atoms with Crippen molar-refractivity contribution in [3.63, 3.8) is 0 Å². The molecule has 1 saturated heterocycles. The summed E-state index contributed by atoms with van der Waals surface area (Å²) in [6, 6.07) is 14.3. The lowest BCUT2D eigenvalue weighted by Gasteiger charge is -2.37. The number of hydrogen-bond acceptors (Lipinski definition) is 6. The van der Waals surface area contributed by atoms with Gasteiger partial charge >= 0.3 is 0 Å².